The van der Waals surface area contributed by atoms with Gasteiger partial charge in [-0.15, -0.1) is 0 Å². The lowest BCUT2D eigenvalue weighted by atomic mass is 9.81. The molecule has 0 aliphatic carbocycles. The van der Waals surface area contributed by atoms with Gasteiger partial charge in [0.25, 0.3) is 0 Å². The molecule has 17 nitrogen and oxygen atoms in total. The van der Waals surface area contributed by atoms with E-state index < -0.39 is 61.2 Å². The molecule has 0 bridgehead atoms. The van der Waals surface area contributed by atoms with Crippen molar-refractivity contribution >= 4 is 43.4 Å². The number of hydrogen-bond donors (Lipinski definition) is 1. The van der Waals surface area contributed by atoms with E-state index >= 15 is 0 Å². The Hall–Kier alpha value is -6.81. The summed E-state index contributed by atoms with van der Waals surface area (Å²) in [4.78, 5) is 41.4. The summed E-state index contributed by atoms with van der Waals surface area (Å²) >= 11 is 0. The van der Waals surface area contributed by atoms with Gasteiger partial charge in [-0.1, -0.05) is 52.0 Å². The summed E-state index contributed by atoms with van der Waals surface area (Å²) in [6.07, 6.45) is 1.36. The van der Waals surface area contributed by atoms with Gasteiger partial charge >= 0.3 is 11.9 Å². The number of carboxylic acid groups (broad SMARTS) is 1. The fraction of sp³-hybridized carbons (Fsp3) is 0.500. The molecule has 496 valence electrons. The van der Waals surface area contributed by atoms with Crippen molar-refractivity contribution in [3.05, 3.63) is 147 Å². The van der Waals surface area contributed by atoms with Gasteiger partial charge in [-0.2, -0.15) is 8.61 Å². The van der Waals surface area contributed by atoms with Gasteiger partial charge in [0.15, 0.2) is 12.2 Å². The molecule has 2 aromatic heterocycles. The van der Waals surface area contributed by atoms with E-state index in [0.29, 0.717) is 28.3 Å². The van der Waals surface area contributed by atoms with Crippen LogP contribution in [0.1, 0.15) is 177 Å². The van der Waals surface area contributed by atoms with Crippen LogP contribution in [0.5, 0.6) is 5.75 Å². The summed E-state index contributed by atoms with van der Waals surface area (Å²) < 4.78 is 94.2. The van der Waals surface area contributed by atoms with Gasteiger partial charge in [0, 0.05) is 97.4 Å². The van der Waals surface area contributed by atoms with Crippen molar-refractivity contribution in [1.82, 2.24) is 18.6 Å². The maximum absolute atomic E-state index is 13.8. The van der Waals surface area contributed by atoms with Gasteiger partial charge in [-0.25, -0.2) is 30.8 Å². The second-order valence-corrected chi connectivity index (χ2v) is 32.7. The van der Waals surface area contributed by atoms with E-state index in [9.17, 15) is 35.9 Å². The third-order valence-corrected chi connectivity index (χ3v) is 21.4. The number of esters is 1. The van der Waals surface area contributed by atoms with E-state index in [1.807, 2.05) is 119 Å². The number of nitrogens with zero attached hydrogens (tertiary/aromatic N) is 6. The van der Waals surface area contributed by atoms with E-state index in [1.54, 1.807) is 31.4 Å². The molecule has 4 aromatic carbocycles. The minimum Gasteiger partial charge on any atom is -0.497 e. The molecule has 0 radical (unpaired) electrons. The highest BCUT2D eigenvalue weighted by Crippen LogP contribution is 2.49. The molecular weight excluding hydrogens is 1210 g/mol. The number of rotatable bonds is 16. The number of carbonyl (C=O) groups excluding carboxylic acids is 1. The number of carbonyl (C=O) groups is 2. The van der Waals surface area contributed by atoms with Crippen molar-refractivity contribution < 1.29 is 54.9 Å². The Kier molecular flexibility index (Phi) is 20.1. The molecule has 2 atom stereocenters. The van der Waals surface area contributed by atoms with Crippen molar-refractivity contribution in [1.29, 1.82) is 0 Å². The Morgan fingerprint density at radius 1 is 0.554 bits per heavy atom. The molecule has 6 heterocycles. The van der Waals surface area contributed by atoms with Crippen LogP contribution in [0.2, 0.25) is 0 Å². The number of fused-ring (bicyclic) bond motifs is 2. The number of ether oxygens (including phenoxy) is 4. The molecule has 1 N–H and O–H groups in total. The monoisotopic (exact) mass is 1300 g/mol. The minimum absolute atomic E-state index is 0.0589. The van der Waals surface area contributed by atoms with Gasteiger partial charge in [0.2, 0.25) is 20.0 Å². The number of aryl methyl sites for hydroxylation is 4. The lowest BCUT2D eigenvalue weighted by molar-refractivity contribution is -0.171. The zero-order chi connectivity index (χ0) is 67.4. The first-order chi connectivity index (χ1) is 42.9. The number of carboxylic acids is 1. The second kappa shape index (κ2) is 26.5. The molecule has 0 amide bonds. The molecule has 2 fully saturated rings. The number of benzene rings is 4. The maximum Gasteiger partial charge on any atom is 0.340 e. The number of hydrogen-bond acceptors (Lipinski definition) is 14. The summed E-state index contributed by atoms with van der Waals surface area (Å²) in [5, 5.41) is 10.5. The predicted molar refractivity (Wildman–Crippen MR) is 357 cm³/mol. The van der Waals surface area contributed by atoms with Crippen LogP contribution in [-0.2, 0) is 70.0 Å². The highest BCUT2D eigenvalue weighted by Gasteiger charge is 2.41. The smallest absolute Gasteiger partial charge is 0.340 e. The molecule has 4 aliphatic heterocycles. The van der Waals surface area contributed by atoms with Crippen LogP contribution in [0, 0.1) is 44.3 Å². The Balaban J connectivity index is 0.000000218. The summed E-state index contributed by atoms with van der Waals surface area (Å²) in [5.41, 5.74) is 12.2. The number of piperidine rings is 2. The first-order valence-electron chi connectivity index (χ1n) is 31.8. The van der Waals surface area contributed by atoms with Gasteiger partial charge in [-0.3, -0.25) is 9.97 Å². The van der Waals surface area contributed by atoms with Crippen molar-refractivity contribution in [2.45, 2.75) is 202 Å². The van der Waals surface area contributed by atoms with Crippen LogP contribution < -0.4 is 14.5 Å². The third-order valence-electron chi connectivity index (χ3n) is 17.8. The summed E-state index contributed by atoms with van der Waals surface area (Å²) in [6.45, 7) is 35.9. The van der Waals surface area contributed by atoms with E-state index in [0.717, 1.165) is 131 Å². The van der Waals surface area contributed by atoms with Gasteiger partial charge in [-0.05, 0) is 214 Å². The number of aliphatic carboxylic acids is 1. The number of sulfonamides is 2. The van der Waals surface area contributed by atoms with Crippen molar-refractivity contribution in [3.8, 4) is 28.0 Å². The van der Waals surface area contributed by atoms with Crippen molar-refractivity contribution in [2.75, 3.05) is 43.1 Å². The van der Waals surface area contributed by atoms with Crippen LogP contribution in [0.15, 0.2) is 94.7 Å². The van der Waals surface area contributed by atoms with Crippen molar-refractivity contribution in [3.63, 3.8) is 0 Å². The second-order valence-electron chi connectivity index (χ2n) is 28.8. The van der Waals surface area contributed by atoms with Gasteiger partial charge in [0.05, 0.1) is 45.6 Å². The lowest BCUT2D eigenvalue weighted by Gasteiger charge is -2.41. The highest BCUT2D eigenvalue weighted by molar-refractivity contribution is 7.89. The van der Waals surface area contributed by atoms with Crippen LogP contribution in [0.3, 0.4) is 0 Å². The molecule has 10 rings (SSSR count). The number of pyridine rings is 2. The van der Waals surface area contributed by atoms with Crippen molar-refractivity contribution in [2.24, 2.45) is 10.8 Å². The molecule has 92 heavy (non-hydrogen) atoms. The molecule has 0 saturated carbocycles. The number of aromatic nitrogens is 2. The van der Waals surface area contributed by atoms with Crippen LogP contribution in [0.4, 0.5) is 15.8 Å². The van der Waals surface area contributed by atoms with Crippen LogP contribution in [-0.4, -0.2) is 103 Å². The minimum atomic E-state index is -3.83. The van der Waals surface area contributed by atoms with Crippen LogP contribution >= 0.6 is 0 Å². The average Bonchev–Trinajstić information content (AvgIpc) is 0.802. The topological polar surface area (TPSA) is 198 Å². The summed E-state index contributed by atoms with van der Waals surface area (Å²) in [6, 6.07) is 23.4. The van der Waals surface area contributed by atoms with Crippen LogP contribution in [0.25, 0.3) is 22.3 Å². The van der Waals surface area contributed by atoms with E-state index in [-0.39, 0.29) is 52.9 Å². The molecule has 0 spiro atoms. The van der Waals surface area contributed by atoms with Gasteiger partial charge in [0.1, 0.15) is 11.6 Å². The normalized spacial score (nSPS) is 17.6. The molecule has 6 aromatic rings. The van der Waals surface area contributed by atoms with E-state index in [2.05, 4.69) is 37.5 Å². The zero-order valence-electron chi connectivity index (χ0n) is 56.7. The molecule has 0 unspecified atom stereocenters. The summed E-state index contributed by atoms with van der Waals surface area (Å²) in [5.74, 6) is -1.41. The first-order valence-corrected chi connectivity index (χ1v) is 34.7. The number of anilines is 2. The Bertz CT molecular complexity index is 3970. The lowest BCUT2D eigenvalue weighted by Crippen LogP contribution is -2.39. The van der Waals surface area contributed by atoms with Gasteiger partial charge < -0.3 is 33.9 Å². The quantitative estimate of drug-likeness (QED) is 0.0897. The van der Waals surface area contributed by atoms with E-state index in [4.69, 9.17) is 28.9 Å². The maximum atomic E-state index is 13.8. The fourth-order valence-electron chi connectivity index (χ4n) is 12.8. The summed E-state index contributed by atoms with van der Waals surface area (Å²) in [7, 11) is -6.01. The van der Waals surface area contributed by atoms with E-state index in [1.165, 1.54) is 20.7 Å². The Morgan fingerprint density at radius 2 is 0.924 bits per heavy atom. The number of methoxy groups -OCH3 is 1. The molecule has 4 aliphatic rings. The predicted octanol–water partition coefficient (Wildman–Crippen LogP) is 14.3. The molecule has 20 heteroatoms. The Labute approximate surface area is 544 Å². The molecule has 2 saturated heterocycles. The zero-order valence-corrected chi connectivity index (χ0v) is 58.3. The average molecular weight is 1300 g/mol. The number of halogens is 1. The highest BCUT2D eigenvalue weighted by atomic mass is 32.2. The largest absolute Gasteiger partial charge is 0.497 e. The first kappa shape index (κ1) is 69.5. The fourth-order valence-corrected chi connectivity index (χ4v) is 15.6. The standard InChI is InChI=1S/C37H48FN3O5S.C35H45N3O6S/c1-23(2)45-35(42)34(46-36(5,6)7)32-25(4)39-24(3)31(33(32)40-18-16-37(8,9)17-19-40)26-10-11-27-21-41(22-28(27)20-26)47(43,44)30-14-12-29(38)13-15-30;1-22-29(24-9-10-25-20-38(21-26(25)19-24)45(41,42)28-13-11-27(43-8)12-14-28)31(37-17-15-35(6,7)16-18-37)30(23(2)36-22)32(33(39)40)44-34(3,4)5/h10-15,20,23,34H,16-19,21-22H2,1-9H3;9-14,19,32H,15-18,20-21H2,1-8H3,(H,39,40)/t34-;32-/m00/s1. The Morgan fingerprint density at radius 3 is 1.29 bits per heavy atom. The molecular formula is C72H93FN6O11S2. The SMILES string of the molecule is COc1ccc(S(=O)(=O)N2Cc3ccc(-c4c(C)nc(C)c([C@H](OC(C)(C)C)C(=O)O)c4N4CCC(C)(C)CC4)cc3C2)cc1.Cc1nc(C)c([C@H](OC(C)(C)C)C(=O)OC(C)C)c(N2CCC(C)(C)CC2)c1-c1ccc2c(c1)CN(S(=O)(=O)c1ccc(F)cc1)C2. The third kappa shape index (κ3) is 15.4.